The van der Waals surface area contributed by atoms with Crippen LogP contribution in [0.15, 0.2) is 53.3 Å². The normalized spacial score (nSPS) is 10.4. The number of fused-ring (bicyclic) bond motifs is 1. The number of nitrogens with zero attached hydrogens (tertiary/aromatic N) is 2. The lowest BCUT2D eigenvalue weighted by Crippen LogP contribution is -2.22. The molecular weight excluding hydrogens is 284 g/mol. The van der Waals surface area contributed by atoms with Crippen LogP contribution < -0.4 is 5.56 Å². The van der Waals surface area contributed by atoms with Crippen LogP contribution in [0, 0.1) is 6.92 Å². The Morgan fingerprint density at radius 2 is 1.86 bits per heavy atom. The lowest BCUT2D eigenvalue weighted by Gasteiger charge is -2.11. The van der Waals surface area contributed by atoms with Crippen molar-refractivity contribution in [3.05, 3.63) is 70.3 Å². The van der Waals surface area contributed by atoms with E-state index in [0.717, 1.165) is 17.6 Å². The fourth-order valence-electron chi connectivity index (χ4n) is 2.46. The van der Waals surface area contributed by atoms with Crippen LogP contribution >= 0.6 is 12.4 Å². The molecule has 4 heteroatoms. The van der Waals surface area contributed by atoms with Crippen LogP contribution in [-0.2, 0) is 6.42 Å². The molecule has 0 aliphatic heterocycles. The first kappa shape index (κ1) is 15.3. The van der Waals surface area contributed by atoms with Crippen molar-refractivity contribution in [1.82, 2.24) is 9.55 Å². The van der Waals surface area contributed by atoms with Crippen molar-refractivity contribution < 1.29 is 0 Å². The first-order valence-corrected chi connectivity index (χ1v) is 6.78. The molecule has 0 radical (unpaired) electrons. The SMILES string of the molecule is CCc1cccc(-n2c(C)nc3ccccc3c2=O)c1.Cl. The van der Waals surface area contributed by atoms with Gasteiger partial charge >= 0.3 is 0 Å². The molecule has 0 amide bonds. The summed E-state index contributed by atoms with van der Waals surface area (Å²) in [5, 5.41) is 0.653. The first-order chi connectivity index (χ1) is 9.70. The van der Waals surface area contributed by atoms with E-state index in [2.05, 4.69) is 18.0 Å². The molecule has 0 aliphatic rings. The molecule has 3 nitrogen and oxygen atoms in total. The number of hydrogen-bond acceptors (Lipinski definition) is 2. The number of aryl methyl sites for hydroxylation is 2. The van der Waals surface area contributed by atoms with Crippen molar-refractivity contribution in [2.24, 2.45) is 0 Å². The maximum Gasteiger partial charge on any atom is 0.265 e. The summed E-state index contributed by atoms with van der Waals surface area (Å²) in [6.07, 6.45) is 0.947. The summed E-state index contributed by atoms with van der Waals surface area (Å²) in [6, 6.07) is 15.5. The molecule has 0 saturated carbocycles. The van der Waals surface area contributed by atoms with Gasteiger partial charge in [-0.1, -0.05) is 31.2 Å². The van der Waals surface area contributed by atoms with E-state index in [4.69, 9.17) is 0 Å². The predicted molar refractivity (Wildman–Crippen MR) is 88.7 cm³/mol. The molecule has 0 spiro atoms. The molecule has 0 bridgehead atoms. The molecular formula is C17H17ClN2O. The van der Waals surface area contributed by atoms with E-state index in [1.807, 2.05) is 49.4 Å². The highest BCUT2D eigenvalue weighted by Gasteiger charge is 2.09. The molecule has 0 unspecified atom stereocenters. The molecule has 0 atom stereocenters. The second-order valence-corrected chi connectivity index (χ2v) is 4.84. The fourth-order valence-corrected chi connectivity index (χ4v) is 2.46. The molecule has 0 saturated heterocycles. The van der Waals surface area contributed by atoms with E-state index < -0.39 is 0 Å². The standard InChI is InChI=1S/C17H16N2O.ClH/c1-3-13-7-6-8-14(11-13)19-12(2)18-16-10-5-4-9-15(16)17(19)20;/h4-11H,3H2,1-2H3;1H. The Morgan fingerprint density at radius 3 is 2.62 bits per heavy atom. The predicted octanol–water partition coefficient (Wildman–Crippen LogP) is 3.68. The summed E-state index contributed by atoms with van der Waals surface area (Å²) >= 11 is 0. The Bertz CT molecular complexity index is 840. The highest BCUT2D eigenvalue weighted by molar-refractivity contribution is 5.85. The Hall–Kier alpha value is -2.13. The average Bonchev–Trinajstić information content (AvgIpc) is 2.47. The van der Waals surface area contributed by atoms with Crippen molar-refractivity contribution in [1.29, 1.82) is 0 Å². The largest absolute Gasteiger partial charge is 0.268 e. The molecule has 1 heterocycles. The first-order valence-electron chi connectivity index (χ1n) is 6.78. The van der Waals surface area contributed by atoms with Gasteiger partial charge in [0, 0.05) is 0 Å². The number of halogens is 1. The van der Waals surface area contributed by atoms with Gasteiger partial charge in [-0.3, -0.25) is 9.36 Å². The summed E-state index contributed by atoms with van der Waals surface area (Å²) in [5.41, 5.74) is 2.83. The fraction of sp³-hybridized carbons (Fsp3) is 0.176. The summed E-state index contributed by atoms with van der Waals surface area (Å²) in [6.45, 7) is 3.97. The van der Waals surface area contributed by atoms with Crippen molar-refractivity contribution in [3.63, 3.8) is 0 Å². The minimum Gasteiger partial charge on any atom is -0.268 e. The van der Waals surface area contributed by atoms with Crippen molar-refractivity contribution in [2.45, 2.75) is 20.3 Å². The van der Waals surface area contributed by atoms with Gasteiger partial charge in [-0.05, 0) is 43.2 Å². The highest BCUT2D eigenvalue weighted by atomic mass is 35.5. The Kier molecular flexibility index (Phi) is 4.43. The molecule has 0 fully saturated rings. The third-order valence-corrected chi connectivity index (χ3v) is 3.52. The molecule has 0 aliphatic carbocycles. The zero-order valence-electron chi connectivity index (χ0n) is 12.0. The lowest BCUT2D eigenvalue weighted by molar-refractivity contribution is 0.891. The number of hydrogen-bond donors (Lipinski definition) is 0. The van der Waals surface area contributed by atoms with Crippen LogP contribution in [0.3, 0.4) is 0 Å². The minimum absolute atomic E-state index is 0. The van der Waals surface area contributed by atoms with Crippen LogP contribution in [0.25, 0.3) is 16.6 Å². The van der Waals surface area contributed by atoms with Crippen molar-refractivity contribution >= 4 is 23.3 Å². The van der Waals surface area contributed by atoms with Crippen molar-refractivity contribution in [2.75, 3.05) is 0 Å². The Balaban J connectivity index is 0.00000161. The van der Waals surface area contributed by atoms with E-state index in [9.17, 15) is 4.79 Å². The molecule has 3 rings (SSSR count). The van der Waals surface area contributed by atoms with Gasteiger partial charge in [-0.25, -0.2) is 4.98 Å². The average molecular weight is 301 g/mol. The van der Waals surface area contributed by atoms with E-state index >= 15 is 0 Å². The van der Waals surface area contributed by atoms with Gasteiger partial charge in [-0.2, -0.15) is 0 Å². The maximum atomic E-state index is 12.7. The van der Waals surface area contributed by atoms with Gasteiger partial charge in [0.25, 0.3) is 5.56 Å². The van der Waals surface area contributed by atoms with Crippen LogP contribution in [0.4, 0.5) is 0 Å². The number of rotatable bonds is 2. The van der Waals surface area contributed by atoms with Gasteiger partial charge in [0.1, 0.15) is 5.82 Å². The quantitative estimate of drug-likeness (QED) is 0.723. The Morgan fingerprint density at radius 1 is 1.10 bits per heavy atom. The van der Waals surface area contributed by atoms with Gasteiger partial charge < -0.3 is 0 Å². The third-order valence-electron chi connectivity index (χ3n) is 3.52. The Labute approximate surface area is 129 Å². The van der Waals surface area contributed by atoms with Crippen LogP contribution in [0.5, 0.6) is 0 Å². The van der Waals surface area contributed by atoms with Gasteiger partial charge in [0.2, 0.25) is 0 Å². The van der Waals surface area contributed by atoms with E-state index in [1.54, 1.807) is 4.57 Å². The highest BCUT2D eigenvalue weighted by Crippen LogP contribution is 2.14. The molecule has 108 valence electrons. The molecule has 21 heavy (non-hydrogen) atoms. The number of benzene rings is 2. The van der Waals surface area contributed by atoms with Gasteiger partial charge in [0.05, 0.1) is 16.6 Å². The second-order valence-electron chi connectivity index (χ2n) is 4.84. The molecule has 3 aromatic rings. The smallest absolute Gasteiger partial charge is 0.265 e. The summed E-state index contributed by atoms with van der Waals surface area (Å²) in [7, 11) is 0. The van der Waals surface area contributed by atoms with E-state index in [0.29, 0.717) is 11.2 Å². The molecule has 2 aromatic carbocycles. The van der Waals surface area contributed by atoms with Gasteiger partial charge in [-0.15, -0.1) is 12.4 Å². The zero-order chi connectivity index (χ0) is 14.1. The summed E-state index contributed by atoms with van der Waals surface area (Å²) < 4.78 is 1.68. The van der Waals surface area contributed by atoms with Crippen LogP contribution in [-0.4, -0.2) is 9.55 Å². The topological polar surface area (TPSA) is 34.9 Å². The van der Waals surface area contributed by atoms with Crippen LogP contribution in [0.2, 0.25) is 0 Å². The van der Waals surface area contributed by atoms with Crippen LogP contribution in [0.1, 0.15) is 18.3 Å². The monoisotopic (exact) mass is 300 g/mol. The lowest BCUT2D eigenvalue weighted by atomic mass is 10.1. The van der Waals surface area contributed by atoms with E-state index in [1.165, 1.54) is 5.56 Å². The second kappa shape index (κ2) is 6.10. The third kappa shape index (κ3) is 2.69. The molecule has 0 N–H and O–H groups in total. The molecule has 1 aromatic heterocycles. The number of para-hydroxylation sites is 1. The summed E-state index contributed by atoms with van der Waals surface area (Å²) in [5.74, 6) is 0.710. The maximum absolute atomic E-state index is 12.7. The zero-order valence-corrected chi connectivity index (χ0v) is 12.9. The van der Waals surface area contributed by atoms with E-state index in [-0.39, 0.29) is 18.0 Å². The minimum atomic E-state index is -0.0126. The summed E-state index contributed by atoms with van der Waals surface area (Å²) in [4.78, 5) is 17.2. The van der Waals surface area contributed by atoms with Gasteiger partial charge in [0.15, 0.2) is 0 Å². The van der Waals surface area contributed by atoms with Crippen molar-refractivity contribution in [3.8, 4) is 5.69 Å². The number of aromatic nitrogens is 2.